The molecule has 1 aromatic carbocycles. The van der Waals surface area contributed by atoms with Gasteiger partial charge in [0.05, 0.1) is 5.69 Å². The highest BCUT2D eigenvalue weighted by Crippen LogP contribution is 2.37. The van der Waals surface area contributed by atoms with E-state index in [0.29, 0.717) is 11.9 Å². The Labute approximate surface area is 148 Å². The number of pyridine rings is 1. The molecule has 0 saturated carbocycles. The lowest BCUT2D eigenvalue weighted by Gasteiger charge is -2.40. The van der Waals surface area contributed by atoms with E-state index in [0.717, 1.165) is 12.1 Å². The average Bonchev–Trinajstić information content (AvgIpc) is 2.58. The second-order valence-corrected chi connectivity index (χ2v) is 6.31. The number of nitrogens with one attached hydrogen (secondary N) is 1. The maximum absolute atomic E-state index is 13.8. The molecule has 1 aliphatic rings. The van der Waals surface area contributed by atoms with E-state index in [1.165, 1.54) is 18.0 Å². The molecule has 8 heteroatoms. The number of nitrogens with zero attached hydrogens (tertiary/aromatic N) is 2. The second kappa shape index (κ2) is 6.36. The fraction of sp³-hybridized carbons (Fsp3) is 0.278. The van der Waals surface area contributed by atoms with Crippen LogP contribution in [0.2, 0.25) is 0 Å². The molecule has 1 N–H and O–H groups in total. The minimum Gasteiger partial charge on any atom is -0.464 e. The Kier molecular flexibility index (Phi) is 4.35. The van der Waals surface area contributed by atoms with Gasteiger partial charge in [0.1, 0.15) is 11.6 Å². The molecule has 0 unspecified atom stereocenters. The minimum atomic E-state index is -1.93. The smallest absolute Gasteiger partial charge is 0.282 e. The highest BCUT2D eigenvalue weighted by molar-refractivity contribution is 6.19. The fourth-order valence-corrected chi connectivity index (χ4v) is 2.69. The zero-order valence-corrected chi connectivity index (χ0v) is 14.4. The van der Waals surface area contributed by atoms with E-state index in [4.69, 9.17) is 4.74 Å². The van der Waals surface area contributed by atoms with Crippen LogP contribution < -0.4 is 15.0 Å². The molecule has 1 atom stereocenters. The van der Waals surface area contributed by atoms with Gasteiger partial charge in [-0.25, -0.2) is 13.8 Å². The van der Waals surface area contributed by atoms with Gasteiger partial charge in [-0.2, -0.15) is 0 Å². The van der Waals surface area contributed by atoms with Crippen molar-refractivity contribution in [2.75, 3.05) is 10.2 Å². The summed E-state index contributed by atoms with van der Waals surface area (Å²) in [6.07, 6.45) is 1.52. The number of rotatable bonds is 3. The van der Waals surface area contributed by atoms with Gasteiger partial charge in [0.25, 0.3) is 17.4 Å². The van der Waals surface area contributed by atoms with Crippen LogP contribution in [0.3, 0.4) is 0 Å². The van der Waals surface area contributed by atoms with Crippen molar-refractivity contribution in [1.29, 1.82) is 0 Å². The van der Waals surface area contributed by atoms with E-state index in [-0.39, 0.29) is 17.5 Å². The summed E-state index contributed by atoms with van der Waals surface area (Å²) in [5, 5.41) is 2.29. The number of halogens is 2. The quantitative estimate of drug-likeness (QED) is 0.854. The van der Waals surface area contributed by atoms with Gasteiger partial charge in [-0.15, -0.1) is 0 Å². The summed E-state index contributed by atoms with van der Waals surface area (Å²) in [7, 11) is 0. The van der Waals surface area contributed by atoms with Gasteiger partial charge >= 0.3 is 0 Å². The highest BCUT2D eigenvalue weighted by Gasteiger charge is 2.52. The molecule has 1 aromatic heterocycles. The van der Waals surface area contributed by atoms with Gasteiger partial charge in [0, 0.05) is 18.3 Å². The molecule has 0 bridgehead atoms. The van der Waals surface area contributed by atoms with Crippen molar-refractivity contribution in [3.05, 3.63) is 48.2 Å². The van der Waals surface area contributed by atoms with Crippen LogP contribution in [0.5, 0.6) is 5.75 Å². The molecular weight excluding hydrogens is 344 g/mol. The largest absolute Gasteiger partial charge is 0.464 e. The summed E-state index contributed by atoms with van der Waals surface area (Å²) in [6.45, 7) is 4.86. The number of anilines is 2. The molecular formula is C18H17F2N3O3. The van der Waals surface area contributed by atoms with Gasteiger partial charge in [-0.3, -0.25) is 14.5 Å². The van der Waals surface area contributed by atoms with Gasteiger partial charge in [-0.1, -0.05) is 0 Å². The van der Waals surface area contributed by atoms with Crippen LogP contribution in [0, 0.1) is 11.6 Å². The molecule has 0 aliphatic carbocycles. The molecule has 2 amide bonds. The summed E-state index contributed by atoms with van der Waals surface area (Å²) >= 11 is 0. The van der Waals surface area contributed by atoms with E-state index in [1.54, 1.807) is 26.0 Å². The lowest BCUT2D eigenvalue weighted by molar-refractivity contribution is -0.145. The van der Waals surface area contributed by atoms with Gasteiger partial charge in [-0.05, 0) is 45.0 Å². The Morgan fingerprint density at radius 3 is 2.69 bits per heavy atom. The van der Waals surface area contributed by atoms with E-state index < -0.39 is 29.0 Å². The lowest BCUT2D eigenvalue weighted by Crippen LogP contribution is -2.62. The molecule has 3 rings (SSSR count). The number of amides is 2. The van der Waals surface area contributed by atoms with Crippen LogP contribution in [0.25, 0.3) is 0 Å². The third kappa shape index (κ3) is 2.87. The molecule has 6 nitrogen and oxygen atoms in total. The first-order valence-electron chi connectivity index (χ1n) is 7.98. The number of ether oxygens (including phenoxy) is 1. The number of carbonyl (C=O) groups excluding carboxylic acids is 2. The molecule has 0 spiro atoms. The van der Waals surface area contributed by atoms with E-state index in [2.05, 4.69) is 10.3 Å². The molecule has 26 heavy (non-hydrogen) atoms. The molecule has 136 valence electrons. The van der Waals surface area contributed by atoms with Crippen LogP contribution in [-0.2, 0) is 9.59 Å². The molecule has 0 saturated heterocycles. The van der Waals surface area contributed by atoms with Crippen LogP contribution in [0.4, 0.5) is 20.3 Å². The topological polar surface area (TPSA) is 71.5 Å². The predicted octanol–water partition coefficient (Wildman–Crippen LogP) is 2.89. The second-order valence-electron chi connectivity index (χ2n) is 6.31. The van der Waals surface area contributed by atoms with Crippen molar-refractivity contribution in [3.63, 3.8) is 0 Å². The summed E-state index contributed by atoms with van der Waals surface area (Å²) in [5.41, 5.74) is -2.18. The normalized spacial score (nSPS) is 19.2. The Balaban J connectivity index is 1.98. The summed E-state index contributed by atoms with van der Waals surface area (Å²) in [6, 6.07) is 5.65. The molecule has 2 aromatic rings. The monoisotopic (exact) mass is 361 g/mol. The Morgan fingerprint density at radius 1 is 1.31 bits per heavy atom. The SMILES string of the molecule is CC(C)N1C(=O)[C@@](C)(C(=O)Nc2ccc(F)cc2F)Oc2cccnc21. The Hall–Kier alpha value is -3.03. The van der Waals surface area contributed by atoms with Crippen LogP contribution in [-0.4, -0.2) is 28.4 Å². The Bertz CT molecular complexity index is 888. The molecule has 0 fully saturated rings. The lowest BCUT2D eigenvalue weighted by atomic mass is 9.99. The van der Waals surface area contributed by atoms with Crippen molar-refractivity contribution in [3.8, 4) is 5.75 Å². The summed E-state index contributed by atoms with van der Waals surface area (Å²) in [4.78, 5) is 31.2. The first kappa shape index (κ1) is 17.8. The first-order chi connectivity index (χ1) is 12.2. The van der Waals surface area contributed by atoms with Gasteiger partial charge in [0.2, 0.25) is 0 Å². The van der Waals surface area contributed by atoms with E-state index in [1.807, 2.05) is 0 Å². The summed E-state index contributed by atoms with van der Waals surface area (Å²) < 4.78 is 32.5. The van der Waals surface area contributed by atoms with Crippen molar-refractivity contribution in [2.24, 2.45) is 0 Å². The zero-order chi connectivity index (χ0) is 19.1. The zero-order valence-electron chi connectivity index (χ0n) is 14.4. The van der Waals surface area contributed by atoms with Crippen molar-refractivity contribution in [1.82, 2.24) is 4.98 Å². The fourth-order valence-electron chi connectivity index (χ4n) is 2.69. The Morgan fingerprint density at radius 2 is 2.04 bits per heavy atom. The minimum absolute atomic E-state index is 0.248. The van der Waals surface area contributed by atoms with Crippen molar-refractivity contribution in [2.45, 2.75) is 32.4 Å². The predicted molar refractivity (Wildman–Crippen MR) is 90.9 cm³/mol. The molecule has 1 aliphatic heterocycles. The molecule has 0 radical (unpaired) electrons. The number of benzene rings is 1. The maximum atomic E-state index is 13.8. The van der Waals surface area contributed by atoms with Crippen molar-refractivity contribution >= 4 is 23.3 Å². The highest BCUT2D eigenvalue weighted by atomic mass is 19.1. The van der Waals surface area contributed by atoms with Crippen LogP contribution in [0.15, 0.2) is 36.5 Å². The number of aromatic nitrogens is 1. The third-order valence-corrected chi connectivity index (χ3v) is 4.05. The number of carbonyl (C=O) groups is 2. The number of fused-ring (bicyclic) bond motifs is 1. The number of hydrogen-bond donors (Lipinski definition) is 1. The van der Waals surface area contributed by atoms with Gasteiger partial charge in [0.15, 0.2) is 11.6 Å². The first-order valence-corrected chi connectivity index (χ1v) is 7.98. The summed E-state index contributed by atoms with van der Waals surface area (Å²) in [5.74, 6) is -2.65. The third-order valence-electron chi connectivity index (χ3n) is 4.05. The van der Waals surface area contributed by atoms with E-state index in [9.17, 15) is 18.4 Å². The van der Waals surface area contributed by atoms with E-state index >= 15 is 0 Å². The number of hydrogen-bond acceptors (Lipinski definition) is 4. The maximum Gasteiger partial charge on any atom is 0.282 e. The van der Waals surface area contributed by atoms with Crippen molar-refractivity contribution < 1.29 is 23.1 Å². The standard InChI is InChI=1S/C18H17F2N3O3/c1-10(2)23-15-14(5-4-8-21-15)26-18(3,17(23)25)16(24)22-13-7-6-11(19)9-12(13)20/h4-10H,1-3H3,(H,22,24)/t18-/m1/s1. The van der Waals surface area contributed by atoms with Crippen LogP contribution >= 0.6 is 0 Å². The van der Waals surface area contributed by atoms with Crippen LogP contribution in [0.1, 0.15) is 20.8 Å². The average molecular weight is 361 g/mol. The van der Waals surface area contributed by atoms with Gasteiger partial charge < -0.3 is 10.1 Å². The molecule has 2 heterocycles.